The standard InChI is InChI=1S/C17H20N4O/c1-19-12-14(10-18-19)21-15-7-8-20(16(15)9-17(21)22)11-13-5-3-2-4-6-13/h2-6,10,12,15-16H,7-9,11H2,1H3/t15-,16+/m1/s1. The molecule has 0 spiro atoms. The van der Waals surface area contributed by atoms with Gasteiger partial charge in [0.05, 0.1) is 17.9 Å². The molecule has 1 amide bonds. The minimum Gasteiger partial charge on any atom is -0.305 e. The summed E-state index contributed by atoms with van der Waals surface area (Å²) in [6, 6.07) is 11.1. The van der Waals surface area contributed by atoms with E-state index in [1.165, 1.54) is 5.56 Å². The molecule has 1 aromatic heterocycles. The van der Waals surface area contributed by atoms with Crippen LogP contribution in [-0.2, 0) is 18.4 Å². The highest BCUT2D eigenvalue weighted by molar-refractivity contribution is 5.97. The van der Waals surface area contributed by atoms with Crippen molar-refractivity contribution in [1.29, 1.82) is 0 Å². The number of aromatic nitrogens is 2. The van der Waals surface area contributed by atoms with Crippen molar-refractivity contribution in [2.24, 2.45) is 7.05 Å². The fourth-order valence-corrected chi connectivity index (χ4v) is 3.81. The molecule has 5 heteroatoms. The van der Waals surface area contributed by atoms with Crippen LogP contribution >= 0.6 is 0 Å². The molecule has 0 radical (unpaired) electrons. The number of fused-ring (bicyclic) bond motifs is 1. The summed E-state index contributed by atoms with van der Waals surface area (Å²) in [5.74, 6) is 0.223. The van der Waals surface area contributed by atoms with Crippen molar-refractivity contribution < 1.29 is 4.79 Å². The summed E-state index contributed by atoms with van der Waals surface area (Å²) in [6.45, 7) is 1.98. The Bertz CT molecular complexity index is 681. The summed E-state index contributed by atoms with van der Waals surface area (Å²) in [6.07, 6.45) is 5.38. The number of anilines is 1. The van der Waals surface area contributed by atoms with Gasteiger partial charge in [-0.1, -0.05) is 30.3 Å². The molecule has 2 saturated heterocycles. The molecule has 0 aliphatic carbocycles. The second-order valence-electron chi connectivity index (χ2n) is 6.22. The minimum absolute atomic E-state index is 0.223. The number of aryl methyl sites for hydroxylation is 1. The molecule has 4 rings (SSSR count). The largest absolute Gasteiger partial charge is 0.305 e. The summed E-state index contributed by atoms with van der Waals surface area (Å²) in [4.78, 5) is 16.9. The topological polar surface area (TPSA) is 41.4 Å². The first-order chi connectivity index (χ1) is 10.7. The fraction of sp³-hybridized carbons (Fsp3) is 0.412. The molecule has 22 heavy (non-hydrogen) atoms. The molecule has 5 nitrogen and oxygen atoms in total. The van der Waals surface area contributed by atoms with Gasteiger partial charge >= 0.3 is 0 Å². The van der Waals surface area contributed by atoms with E-state index in [1.807, 2.05) is 24.2 Å². The number of amides is 1. The minimum atomic E-state index is 0.223. The second kappa shape index (κ2) is 5.25. The lowest BCUT2D eigenvalue weighted by Gasteiger charge is -2.24. The van der Waals surface area contributed by atoms with Crippen molar-refractivity contribution in [1.82, 2.24) is 14.7 Å². The third kappa shape index (κ3) is 2.22. The van der Waals surface area contributed by atoms with E-state index < -0.39 is 0 Å². The van der Waals surface area contributed by atoms with Crippen molar-refractivity contribution in [3.63, 3.8) is 0 Å². The van der Waals surface area contributed by atoms with Gasteiger partial charge in [0.1, 0.15) is 0 Å². The van der Waals surface area contributed by atoms with Gasteiger partial charge in [-0.3, -0.25) is 14.4 Å². The molecular weight excluding hydrogens is 276 g/mol. The Balaban J connectivity index is 1.54. The van der Waals surface area contributed by atoms with Crippen molar-refractivity contribution >= 4 is 11.6 Å². The van der Waals surface area contributed by atoms with Crippen LogP contribution in [0.3, 0.4) is 0 Å². The molecule has 114 valence electrons. The highest BCUT2D eigenvalue weighted by Crippen LogP contribution is 2.36. The van der Waals surface area contributed by atoms with E-state index in [4.69, 9.17) is 0 Å². The highest BCUT2D eigenvalue weighted by atomic mass is 16.2. The first kappa shape index (κ1) is 13.5. The number of rotatable bonds is 3. The van der Waals surface area contributed by atoms with Crippen LogP contribution in [0, 0.1) is 0 Å². The normalized spacial score (nSPS) is 25.0. The molecule has 2 fully saturated rings. The van der Waals surface area contributed by atoms with Gasteiger partial charge in [-0.15, -0.1) is 0 Å². The zero-order valence-corrected chi connectivity index (χ0v) is 12.7. The Kier molecular flexibility index (Phi) is 3.22. The Labute approximate surface area is 130 Å². The molecule has 0 saturated carbocycles. The van der Waals surface area contributed by atoms with Crippen molar-refractivity contribution in [3.8, 4) is 0 Å². The van der Waals surface area contributed by atoms with Crippen LogP contribution in [0.15, 0.2) is 42.7 Å². The lowest BCUT2D eigenvalue weighted by Crippen LogP contribution is -2.37. The molecule has 2 aliphatic rings. The van der Waals surface area contributed by atoms with Crippen molar-refractivity contribution in [2.75, 3.05) is 11.4 Å². The molecule has 2 atom stereocenters. The van der Waals surface area contributed by atoms with Gasteiger partial charge in [0, 0.05) is 38.8 Å². The highest BCUT2D eigenvalue weighted by Gasteiger charge is 2.47. The third-order valence-corrected chi connectivity index (χ3v) is 4.81. The molecule has 0 unspecified atom stereocenters. The number of benzene rings is 1. The summed E-state index contributed by atoms with van der Waals surface area (Å²) < 4.78 is 1.76. The van der Waals surface area contributed by atoms with E-state index in [2.05, 4.69) is 34.3 Å². The number of hydrogen-bond acceptors (Lipinski definition) is 3. The number of carbonyl (C=O) groups excluding carboxylic acids is 1. The zero-order chi connectivity index (χ0) is 15.1. The lowest BCUT2D eigenvalue weighted by molar-refractivity contribution is -0.117. The molecule has 1 aromatic carbocycles. The first-order valence-corrected chi connectivity index (χ1v) is 7.81. The summed E-state index contributed by atoms with van der Waals surface area (Å²) >= 11 is 0. The Hall–Kier alpha value is -2.14. The average molecular weight is 296 g/mol. The zero-order valence-electron chi connectivity index (χ0n) is 12.7. The van der Waals surface area contributed by atoms with Crippen LogP contribution in [0.5, 0.6) is 0 Å². The molecule has 2 aliphatic heterocycles. The third-order valence-electron chi connectivity index (χ3n) is 4.81. The van der Waals surface area contributed by atoms with Crippen molar-refractivity contribution in [2.45, 2.75) is 31.5 Å². The summed E-state index contributed by atoms with van der Waals surface area (Å²) in [7, 11) is 1.89. The molecule has 2 aromatic rings. The number of likely N-dealkylation sites (tertiary alicyclic amines) is 1. The Morgan fingerprint density at radius 2 is 2.05 bits per heavy atom. The van der Waals surface area contributed by atoms with Gasteiger partial charge in [0.25, 0.3) is 0 Å². The summed E-state index contributed by atoms with van der Waals surface area (Å²) in [5.41, 5.74) is 2.25. The predicted octanol–water partition coefficient (Wildman–Crippen LogP) is 1.80. The van der Waals surface area contributed by atoms with Gasteiger partial charge < -0.3 is 4.90 Å². The van der Waals surface area contributed by atoms with Crippen LogP contribution in [0.4, 0.5) is 5.69 Å². The SMILES string of the molecule is Cn1cc(N2C(=O)C[C@H]3[C@H]2CCN3Cc2ccccc2)cn1. The van der Waals surface area contributed by atoms with Gasteiger partial charge in [-0.05, 0) is 12.0 Å². The maximum absolute atomic E-state index is 12.5. The average Bonchev–Trinajstić information content (AvgIpc) is 3.17. The Morgan fingerprint density at radius 1 is 1.23 bits per heavy atom. The van der Waals surface area contributed by atoms with E-state index in [-0.39, 0.29) is 5.91 Å². The van der Waals surface area contributed by atoms with Crippen LogP contribution in [-0.4, -0.2) is 39.2 Å². The van der Waals surface area contributed by atoms with Crippen LogP contribution < -0.4 is 4.90 Å². The first-order valence-electron chi connectivity index (χ1n) is 7.81. The van der Waals surface area contributed by atoms with Crippen LogP contribution in [0.1, 0.15) is 18.4 Å². The van der Waals surface area contributed by atoms with Gasteiger partial charge in [-0.25, -0.2) is 0 Å². The van der Waals surface area contributed by atoms with E-state index in [1.54, 1.807) is 10.9 Å². The number of nitrogens with zero attached hydrogens (tertiary/aromatic N) is 4. The van der Waals surface area contributed by atoms with Gasteiger partial charge in [0.15, 0.2) is 0 Å². The van der Waals surface area contributed by atoms with E-state index in [0.717, 1.165) is 25.2 Å². The number of hydrogen-bond donors (Lipinski definition) is 0. The summed E-state index contributed by atoms with van der Waals surface area (Å²) in [5, 5.41) is 4.21. The van der Waals surface area contributed by atoms with Crippen LogP contribution in [0.2, 0.25) is 0 Å². The molecule has 3 heterocycles. The van der Waals surface area contributed by atoms with E-state index in [0.29, 0.717) is 18.5 Å². The second-order valence-corrected chi connectivity index (χ2v) is 6.22. The van der Waals surface area contributed by atoms with Gasteiger partial charge in [0.2, 0.25) is 5.91 Å². The Morgan fingerprint density at radius 3 is 2.77 bits per heavy atom. The maximum atomic E-state index is 12.5. The van der Waals surface area contributed by atoms with Crippen LogP contribution in [0.25, 0.3) is 0 Å². The van der Waals surface area contributed by atoms with E-state index >= 15 is 0 Å². The quantitative estimate of drug-likeness (QED) is 0.867. The van der Waals surface area contributed by atoms with E-state index in [9.17, 15) is 4.79 Å². The number of carbonyl (C=O) groups is 1. The fourth-order valence-electron chi connectivity index (χ4n) is 3.81. The molecule has 0 N–H and O–H groups in total. The molecular formula is C17H20N4O. The van der Waals surface area contributed by atoms with Gasteiger partial charge in [-0.2, -0.15) is 5.10 Å². The predicted molar refractivity (Wildman–Crippen MR) is 84.4 cm³/mol. The lowest BCUT2D eigenvalue weighted by atomic mass is 10.1. The molecule has 0 bridgehead atoms. The van der Waals surface area contributed by atoms with Crippen molar-refractivity contribution in [3.05, 3.63) is 48.3 Å². The monoisotopic (exact) mass is 296 g/mol. The maximum Gasteiger partial charge on any atom is 0.229 e. The smallest absolute Gasteiger partial charge is 0.229 e.